The Morgan fingerprint density at radius 3 is 2.89 bits per heavy atom. The molecule has 150 valence electrons. The third kappa shape index (κ3) is 4.24. The number of ether oxygens (including phenoxy) is 1. The van der Waals surface area contributed by atoms with Gasteiger partial charge in [0.1, 0.15) is 0 Å². The van der Waals surface area contributed by atoms with Crippen LogP contribution in [0.3, 0.4) is 0 Å². The van der Waals surface area contributed by atoms with Crippen molar-refractivity contribution in [2.45, 2.75) is 56.7 Å². The summed E-state index contributed by atoms with van der Waals surface area (Å²) in [6.45, 7) is 0.236. The first-order chi connectivity index (χ1) is 13.6. The Bertz CT molecular complexity index is 814. The predicted octanol–water partition coefficient (Wildman–Crippen LogP) is 1.50. The molecule has 3 N–H and O–H groups in total. The van der Waals surface area contributed by atoms with Gasteiger partial charge in [0.05, 0.1) is 24.3 Å². The fourth-order valence-electron chi connectivity index (χ4n) is 3.66. The molecule has 28 heavy (non-hydrogen) atoms. The van der Waals surface area contributed by atoms with Crippen LogP contribution in [0.15, 0.2) is 23.0 Å². The topological polar surface area (TPSA) is 122 Å². The molecule has 2 saturated carbocycles. The zero-order valence-electron chi connectivity index (χ0n) is 15.8. The number of carbonyl (C=O) groups excluding carboxylic acids is 2. The second-order valence-electron chi connectivity index (χ2n) is 7.50. The molecule has 2 amide bonds. The number of hydrogen-bond acceptors (Lipinski definition) is 6. The van der Waals surface area contributed by atoms with Crippen LogP contribution in [0.2, 0.25) is 0 Å². The van der Waals surface area contributed by atoms with Crippen molar-refractivity contribution in [3.63, 3.8) is 0 Å². The zero-order chi connectivity index (χ0) is 19.5. The lowest BCUT2D eigenvalue weighted by molar-refractivity contribution is -0.128. The van der Waals surface area contributed by atoms with Crippen LogP contribution in [0.4, 0.5) is 0 Å². The van der Waals surface area contributed by atoms with Gasteiger partial charge in [-0.05, 0) is 38.2 Å². The van der Waals surface area contributed by atoms with E-state index >= 15 is 0 Å². The highest BCUT2D eigenvalue weighted by atomic mass is 16.5. The smallest absolute Gasteiger partial charge is 0.253 e. The van der Waals surface area contributed by atoms with E-state index in [1.165, 1.54) is 0 Å². The van der Waals surface area contributed by atoms with Crippen molar-refractivity contribution in [1.29, 1.82) is 0 Å². The molecule has 2 heterocycles. The Labute approximate surface area is 162 Å². The average Bonchev–Trinajstić information content (AvgIpc) is 3.21. The molecule has 0 radical (unpaired) electrons. The molecule has 0 aromatic carbocycles. The molecule has 9 heteroatoms. The lowest BCUT2D eigenvalue weighted by Gasteiger charge is -2.35. The SMILES string of the molecule is CO[C@@H]1C[C@@H](C(=O)NCc2nc(C3CC3)no2)CC[C@H]1NC(=O)c1cc[nH]c1. The molecule has 2 fully saturated rings. The van der Waals surface area contributed by atoms with Crippen molar-refractivity contribution in [3.05, 3.63) is 35.7 Å². The first-order valence-electron chi connectivity index (χ1n) is 9.70. The number of nitrogens with zero attached hydrogens (tertiary/aromatic N) is 2. The Hall–Kier alpha value is -2.68. The molecule has 0 saturated heterocycles. The maximum atomic E-state index is 12.6. The zero-order valence-corrected chi connectivity index (χ0v) is 15.8. The summed E-state index contributed by atoms with van der Waals surface area (Å²) in [5.41, 5.74) is 0.583. The van der Waals surface area contributed by atoms with E-state index in [1.54, 1.807) is 25.6 Å². The van der Waals surface area contributed by atoms with Gasteiger partial charge in [0.2, 0.25) is 11.8 Å². The van der Waals surface area contributed by atoms with Gasteiger partial charge < -0.3 is 24.9 Å². The lowest BCUT2D eigenvalue weighted by atomic mass is 9.83. The van der Waals surface area contributed by atoms with Gasteiger partial charge in [-0.15, -0.1) is 0 Å². The first kappa shape index (κ1) is 18.7. The minimum Gasteiger partial charge on any atom is -0.379 e. The average molecular weight is 387 g/mol. The van der Waals surface area contributed by atoms with Crippen LogP contribution < -0.4 is 10.6 Å². The van der Waals surface area contributed by atoms with Crippen LogP contribution >= 0.6 is 0 Å². The number of carbonyl (C=O) groups is 2. The molecular formula is C19H25N5O4. The number of hydrogen-bond donors (Lipinski definition) is 3. The van der Waals surface area contributed by atoms with E-state index in [0.717, 1.165) is 18.7 Å². The van der Waals surface area contributed by atoms with E-state index < -0.39 is 0 Å². The van der Waals surface area contributed by atoms with Crippen LogP contribution in [0.25, 0.3) is 0 Å². The van der Waals surface area contributed by atoms with E-state index in [-0.39, 0.29) is 36.4 Å². The molecule has 4 rings (SSSR count). The van der Waals surface area contributed by atoms with Crippen LogP contribution in [0, 0.1) is 5.92 Å². The number of amides is 2. The number of aromatic nitrogens is 3. The Kier molecular flexibility index (Phi) is 5.43. The molecule has 0 spiro atoms. The van der Waals surface area contributed by atoms with Crippen molar-refractivity contribution in [2.75, 3.05) is 7.11 Å². The molecule has 9 nitrogen and oxygen atoms in total. The minimum absolute atomic E-state index is 0.0522. The number of methoxy groups -OCH3 is 1. The van der Waals surface area contributed by atoms with E-state index in [2.05, 4.69) is 25.8 Å². The summed E-state index contributed by atoms with van der Waals surface area (Å²) in [6.07, 6.45) is 7.28. The van der Waals surface area contributed by atoms with E-state index in [0.29, 0.717) is 36.6 Å². The highest BCUT2D eigenvalue weighted by molar-refractivity contribution is 5.94. The summed E-state index contributed by atoms with van der Waals surface area (Å²) >= 11 is 0. The summed E-state index contributed by atoms with van der Waals surface area (Å²) < 4.78 is 10.8. The van der Waals surface area contributed by atoms with Gasteiger partial charge >= 0.3 is 0 Å². The minimum atomic E-state index is -0.211. The lowest BCUT2D eigenvalue weighted by Crippen LogP contribution is -2.49. The van der Waals surface area contributed by atoms with Crippen LogP contribution in [0.5, 0.6) is 0 Å². The van der Waals surface area contributed by atoms with Crippen LogP contribution in [-0.4, -0.2) is 46.2 Å². The van der Waals surface area contributed by atoms with Crippen LogP contribution in [-0.2, 0) is 16.1 Å². The van der Waals surface area contributed by atoms with E-state index in [9.17, 15) is 9.59 Å². The number of H-pyrrole nitrogens is 1. The first-order valence-corrected chi connectivity index (χ1v) is 9.70. The fourth-order valence-corrected chi connectivity index (χ4v) is 3.66. The Balaban J connectivity index is 1.27. The van der Waals surface area contributed by atoms with E-state index in [4.69, 9.17) is 9.26 Å². The largest absolute Gasteiger partial charge is 0.379 e. The summed E-state index contributed by atoms with van der Waals surface area (Å²) in [6, 6.07) is 1.61. The summed E-state index contributed by atoms with van der Waals surface area (Å²) in [5.74, 6) is 1.24. The normalized spacial score (nSPS) is 24.7. The highest BCUT2D eigenvalue weighted by Crippen LogP contribution is 2.38. The van der Waals surface area contributed by atoms with Gasteiger partial charge in [-0.25, -0.2) is 0 Å². The molecule has 0 aliphatic heterocycles. The predicted molar refractivity (Wildman–Crippen MR) is 98.3 cm³/mol. The third-order valence-electron chi connectivity index (χ3n) is 5.48. The summed E-state index contributed by atoms with van der Waals surface area (Å²) in [7, 11) is 1.61. The van der Waals surface area contributed by atoms with Crippen molar-refractivity contribution in [2.24, 2.45) is 5.92 Å². The molecule has 2 aliphatic rings. The Morgan fingerprint density at radius 1 is 1.32 bits per heavy atom. The molecule has 2 aliphatic carbocycles. The van der Waals surface area contributed by atoms with Gasteiger partial charge in [-0.3, -0.25) is 9.59 Å². The maximum Gasteiger partial charge on any atom is 0.253 e. The Morgan fingerprint density at radius 2 is 2.18 bits per heavy atom. The number of rotatable bonds is 7. The quantitative estimate of drug-likeness (QED) is 0.662. The van der Waals surface area contributed by atoms with Crippen LogP contribution in [0.1, 0.15) is 60.1 Å². The summed E-state index contributed by atoms with van der Waals surface area (Å²) in [5, 5.41) is 9.84. The fraction of sp³-hybridized carbons (Fsp3) is 0.579. The molecule has 3 atom stereocenters. The third-order valence-corrected chi connectivity index (χ3v) is 5.48. The number of nitrogens with one attached hydrogen (secondary N) is 3. The van der Waals surface area contributed by atoms with Gasteiger partial charge in [-0.2, -0.15) is 4.98 Å². The van der Waals surface area contributed by atoms with Gasteiger partial charge in [-0.1, -0.05) is 5.16 Å². The van der Waals surface area contributed by atoms with Gasteiger partial charge in [0, 0.05) is 31.3 Å². The number of aromatic amines is 1. The van der Waals surface area contributed by atoms with Crippen molar-refractivity contribution in [3.8, 4) is 0 Å². The van der Waals surface area contributed by atoms with Gasteiger partial charge in [0.25, 0.3) is 5.91 Å². The monoisotopic (exact) mass is 387 g/mol. The molecule has 0 bridgehead atoms. The highest BCUT2D eigenvalue weighted by Gasteiger charge is 2.35. The molecule has 2 aromatic rings. The molecular weight excluding hydrogens is 362 g/mol. The second-order valence-corrected chi connectivity index (χ2v) is 7.50. The summed E-state index contributed by atoms with van der Waals surface area (Å²) in [4.78, 5) is 32.0. The standard InChI is InChI=1S/C19H25N5O4/c1-27-15-8-12(4-5-14(15)22-19(26)13-6-7-20-9-13)18(25)21-10-16-23-17(24-28-16)11-2-3-11/h6-7,9,11-12,14-15,20H,2-5,8,10H2,1H3,(H,21,25)(H,22,26)/t12-,14+,15+/m0/s1. The molecule has 2 aromatic heterocycles. The van der Waals surface area contributed by atoms with Crippen molar-refractivity contribution in [1.82, 2.24) is 25.8 Å². The molecule has 0 unspecified atom stereocenters. The van der Waals surface area contributed by atoms with E-state index in [1.807, 2.05) is 0 Å². The van der Waals surface area contributed by atoms with Crippen molar-refractivity contribution >= 4 is 11.8 Å². The van der Waals surface area contributed by atoms with Gasteiger partial charge in [0.15, 0.2) is 5.82 Å². The maximum absolute atomic E-state index is 12.6. The second kappa shape index (κ2) is 8.14. The van der Waals surface area contributed by atoms with Crippen molar-refractivity contribution < 1.29 is 18.8 Å².